The molecular formula is C24H30FN3O2S. The van der Waals surface area contributed by atoms with Crippen LogP contribution in [-0.4, -0.2) is 46.1 Å². The van der Waals surface area contributed by atoms with E-state index < -0.39 is 0 Å². The van der Waals surface area contributed by atoms with Gasteiger partial charge in [-0.1, -0.05) is 0 Å². The molecule has 1 spiro atoms. The summed E-state index contributed by atoms with van der Waals surface area (Å²) in [5.41, 5.74) is 0.780. The molecule has 0 unspecified atom stereocenters. The van der Waals surface area contributed by atoms with Crippen molar-refractivity contribution in [2.24, 2.45) is 17.8 Å². The minimum Gasteiger partial charge on any atom is -0.333 e. The summed E-state index contributed by atoms with van der Waals surface area (Å²) in [5.74, 6) is 2.64. The monoisotopic (exact) mass is 443 g/mol. The van der Waals surface area contributed by atoms with E-state index in [1.165, 1.54) is 31.4 Å². The first-order valence-electron chi connectivity index (χ1n) is 11.7. The molecule has 6 aliphatic rings. The molecule has 7 heteroatoms. The molecule has 6 fully saturated rings. The van der Waals surface area contributed by atoms with Gasteiger partial charge in [-0.2, -0.15) is 0 Å². The first-order valence-corrected chi connectivity index (χ1v) is 12.7. The van der Waals surface area contributed by atoms with Crippen LogP contribution in [0.4, 0.5) is 14.9 Å². The second-order valence-electron chi connectivity index (χ2n) is 10.6. The molecule has 0 aromatic heterocycles. The molecule has 31 heavy (non-hydrogen) atoms. The minimum atomic E-state index is -0.327. The summed E-state index contributed by atoms with van der Waals surface area (Å²) in [7, 11) is 0. The predicted molar refractivity (Wildman–Crippen MR) is 119 cm³/mol. The molecule has 7 rings (SSSR count). The zero-order valence-electron chi connectivity index (χ0n) is 17.8. The molecule has 2 heterocycles. The molecule has 166 valence electrons. The van der Waals surface area contributed by atoms with Crippen LogP contribution in [0, 0.1) is 23.6 Å². The van der Waals surface area contributed by atoms with Crippen molar-refractivity contribution in [1.82, 2.24) is 10.2 Å². The predicted octanol–water partition coefficient (Wildman–Crippen LogP) is 4.38. The van der Waals surface area contributed by atoms with Crippen molar-refractivity contribution in [3.05, 3.63) is 30.1 Å². The van der Waals surface area contributed by atoms with E-state index in [4.69, 9.17) is 0 Å². The summed E-state index contributed by atoms with van der Waals surface area (Å²) in [6.07, 6.45) is 9.06. The number of anilines is 1. The van der Waals surface area contributed by atoms with Crippen LogP contribution in [-0.2, 0) is 4.79 Å². The topological polar surface area (TPSA) is 52.7 Å². The number of urea groups is 1. The largest absolute Gasteiger partial charge is 0.333 e. The van der Waals surface area contributed by atoms with Gasteiger partial charge in [-0.05, 0) is 93.4 Å². The summed E-state index contributed by atoms with van der Waals surface area (Å²) in [6.45, 7) is 1.30. The molecule has 4 aliphatic carbocycles. The number of amides is 3. The summed E-state index contributed by atoms with van der Waals surface area (Å²) in [5, 5.41) is 3.49. The van der Waals surface area contributed by atoms with Crippen LogP contribution in [0.1, 0.15) is 51.4 Å². The number of hydrogen-bond donors (Lipinski definition) is 1. The highest BCUT2D eigenvalue weighted by molar-refractivity contribution is 8.02. The van der Waals surface area contributed by atoms with E-state index >= 15 is 0 Å². The third-order valence-electron chi connectivity index (χ3n) is 8.45. The number of thioether (sulfide) groups is 1. The summed E-state index contributed by atoms with van der Waals surface area (Å²) in [4.78, 5) is 29.4. The summed E-state index contributed by atoms with van der Waals surface area (Å²) < 4.78 is 13.4. The Balaban J connectivity index is 1.14. The van der Waals surface area contributed by atoms with Crippen molar-refractivity contribution >= 4 is 29.4 Å². The van der Waals surface area contributed by atoms with Gasteiger partial charge in [0.25, 0.3) is 0 Å². The first-order chi connectivity index (χ1) is 14.9. The number of benzene rings is 1. The van der Waals surface area contributed by atoms with E-state index in [-0.39, 0.29) is 28.2 Å². The molecule has 4 saturated carbocycles. The number of likely N-dealkylation sites (tertiary alicyclic amines) is 1. The fraction of sp³-hybridized carbons (Fsp3) is 0.667. The number of carbonyl (C=O) groups excluding carboxylic acids is 2. The van der Waals surface area contributed by atoms with Crippen LogP contribution < -0.4 is 10.2 Å². The van der Waals surface area contributed by atoms with Gasteiger partial charge in [0.05, 0.1) is 10.6 Å². The van der Waals surface area contributed by atoms with Gasteiger partial charge >= 0.3 is 6.03 Å². The lowest BCUT2D eigenvalue weighted by Crippen LogP contribution is -2.63. The van der Waals surface area contributed by atoms with Crippen molar-refractivity contribution in [2.75, 3.05) is 23.7 Å². The zero-order chi connectivity index (χ0) is 21.2. The van der Waals surface area contributed by atoms with Crippen molar-refractivity contribution < 1.29 is 14.0 Å². The Bertz CT molecular complexity index is 861. The fourth-order valence-corrected chi connectivity index (χ4v) is 8.85. The Morgan fingerprint density at radius 3 is 2.16 bits per heavy atom. The van der Waals surface area contributed by atoms with Crippen molar-refractivity contribution in [1.29, 1.82) is 0 Å². The van der Waals surface area contributed by atoms with Gasteiger partial charge in [0.15, 0.2) is 0 Å². The Kier molecular flexibility index (Phi) is 4.57. The second kappa shape index (κ2) is 7.12. The Labute approximate surface area is 187 Å². The van der Waals surface area contributed by atoms with Gasteiger partial charge in [0.2, 0.25) is 5.91 Å². The average molecular weight is 444 g/mol. The number of hydrogen-bond acceptors (Lipinski definition) is 3. The normalized spacial score (nSPS) is 35.8. The van der Waals surface area contributed by atoms with E-state index in [2.05, 4.69) is 5.32 Å². The number of carbonyl (C=O) groups is 2. The van der Waals surface area contributed by atoms with E-state index in [9.17, 15) is 14.0 Å². The second-order valence-corrected chi connectivity index (χ2v) is 11.9. The van der Waals surface area contributed by atoms with Gasteiger partial charge < -0.3 is 10.2 Å². The number of rotatable bonds is 2. The molecule has 0 atom stereocenters. The Morgan fingerprint density at radius 1 is 1.00 bits per heavy atom. The van der Waals surface area contributed by atoms with Gasteiger partial charge in [-0.3, -0.25) is 9.69 Å². The number of nitrogens with zero attached hydrogens (tertiary/aromatic N) is 2. The smallest absolute Gasteiger partial charge is 0.317 e. The maximum absolute atomic E-state index is 13.4. The van der Waals surface area contributed by atoms with E-state index in [0.29, 0.717) is 18.8 Å². The zero-order valence-corrected chi connectivity index (χ0v) is 18.6. The van der Waals surface area contributed by atoms with E-state index in [0.717, 1.165) is 55.5 Å². The minimum absolute atomic E-state index is 0.0270. The van der Waals surface area contributed by atoms with Crippen molar-refractivity contribution in [2.45, 2.75) is 61.8 Å². The molecular weight excluding hydrogens is 413 g/mol. The number of halogens is 1. The summed E-state index contributed by atoms with van der Waals surface area (Å²) in [6, 6.07) is 6.28. The van der Waals surface area contributed by atoms with Gasteiger partial charge in [0, 0.05) is 24.3 Å². The average Bonchev–Trinajstić information content (AvgIpc) is 3.03. The van der Waals surface area contributed by atoms with Crippen LogP contribution in [0.5, 0.6) is 0 Å². The highest BCUT2D eigenvalue weighted by Crippen LogP contribution is 2.55. The quantitative estimate of drug-likeness (QED) is 0.738. The number of nitrogens with one attached hydrogen (secondary N) is 1. The standard InChI is InChI=1S/C24H30FN3O2S/c25-19-1-3-20(4-2-19)28-21(29)15-31-24(28)5-7-27(8-6-24)22(30)26-23-12-16-9-17(13-23)11-18(10-16)14-23/h1-4,16-18H,5-15H2,(H,26,30). The number of piperidine rings is 1. The summed E-state index contributed by atoms with van der Waals surface area (Å²) >= 11 is 1.67. The molecule has 0 radical (unpaired) electrons. The van der Waals surface area contributed by atoms with Crippen LogP contribution >= 0.6 is 11.8 Å². The van der Waals surface area contributed by atoms with Crippen LogP contribution in [0.2, 0.25) is 0 Å². The molecule has 1 aromatic carbocycles. The molecule has 5 nitrogen and oxygen atoms in total. The molecule has 3 amide bonds. The lowest BCUT2D eigenvalue weighted by atomic mass is 9.53. The highest BCUT2D eigenvalue weighted by atomic mass is 32.2. The van der Waals surface area contributed by atoms with Gasteiger partial charge in [-0.15, -0.1) is 11.8 Å². The molecule has 2 saturated heterocycles. The van der Waals surface area contributed by atoms with E-state index in [1.807, 2.05) is 9.80 Å². The molecule has 1 aromatic rings. The SMILES string of the molecule is O=C(NC12CC3CC(CC(C3)C1)C2)N1CCC2(CC1)SCC(=O)N2c1ccc(F)cc1. The Morgan fingerprint density at radius 2 is 1.58 bits per heavy atom. The first kappa shape index (κ1) is 19.9. The van der Waals surface area contributed by atoms with Gasteiger partial charge in [0.1, 0.15) is 5.82 Å². The molecule has 2 aliphatic heterocycles. The molecule has 1 N–H and O–H groups in total. The maximum Gasteiger partial charge on any atom is 0.317 e. The third kappa shape index (κ3) is 3.35. The third-order valence-corrected chi connectivity index (χ3v) is 9.97. The Hall–Kier alpha value is -1.76. The molecule has 4 bridgehead atoms. The fourth-order valence-electron chi connectivity index (χ4n) is 7.52. The lowest BCUT2D eigenvalue weighted by Gasteiger charge is -2.57. The van der Waals surface area contributed by atoms with Crippen molar-refractivity contribution in [3.8, 4) is 0 Å². The van der Waals surface area contributed by atoms with E-state index in [1.54, 1.807) is 23.9 Å². The highest BCUT2D eigenvalue weighted by Gasteiger charge is 2.53. The maximum atomic E-state index is 13.4. The van der Waals surface area contributed by atoms with Crippen LogP contribution in [0.15, 0.2) is 24.3 Å². The van der Waals surface area contributed by atoms with Crippen LogP contribution in [0.25, 0.3) is 0 Å². The van der Waals surface area contributed by atoms with Gasteiger partial charge in [-0.25, -0.2) is 9.18 Å². The lowest BCUT2D eigenvalue weighted by molar-refractivity contribution is -0.116. The van der Waals surface area contributed by atoms with Crippen LogP contribution in [0.3, 0.4) is 0 Å². The van der Waals surface area contributed by atoms with Crippen molar-refractivity contribution in [3.63, 3.8) is 0 Å².